The maximum absolute atomic E-state index is 14.6. The summed E-state index contributed by atoms with van der Waals surface area (Å²) < 4.78 is 17.2. The van der Waals surface area contributed by atoms with E-state index in [9.17, 15) is 18.8 Å². The molecule has 4 heterocycles. The van der Waals surface area contributed by atoms with Gasteiger partial charge < -0.3 is 10.2 Å². The van der Waals surface area contributed by atoms with E-state index in [4.69, 9.17) is 0 Å². The van der Waals surface area contributed by atoms with Gasteiger partial charge in [0.25, 0.3) is 11.5 Å². The zero-order valence-corrected chi connectivity index (χ0v) is 29.6. The van der Waals surface area contributed by atoms with Crippen molar-refractivity contribution in [2.24, 2.45) is 0 Å². The molecule has 53 heavy (non-hydrogen) atoms. The average molecular weight is 713 g/mol. The van der Waals surface area contributed by atoms with Gasteiger partial charge in [-0.1, -0.05) is 48.5 Å². The molecule has 0 radical (unpaired) electrons. The summed E-state index contributed by atoms with van der Waals surface area (Å²) in [6.07, 6.45) is 5.68. The van der Waals surface area contributed by atoms with E-state index in [0.29, 0.717) is 42.4 Å². The van der Waals surface area contributed by atoms with Crippen LogP contribution in [0.4, 0.5) is 4.39 Å². The number of rotatable bonds is 7. The van der Waals surface area contributed by atoms with Gasteiger partial charge in [0.1, 0.15) is 11.5 Å². The Morgan fingerprint density at radius 1 is 0.830 bits per heavy atom. The highest BCUT2D eigenvalue weighted by Gasteiger charge is 2.28. The van der Waals surface area contributed by atoms with E-state index >= 15 is 0 Å². The molecule has 1 aliphatic heterocycles. The van der Waals surface area contributed by atoms with Gasteiger partial charge in [-0.25, -0.2) is 23.7 Å². The zero-order chi connectivity index (χ0) is 36.5. The Kier molecular flexibility index (Phi) is 9.63. The number of halogens is 1. The van der Waals surface area contributed by atoms with Crippen molar-refractivity contribution in [3.63, 3.8) is 0 Å². The summed E-state index contributed by atoms with van der Waals surface area (Å²) in [6.45, 7) is 5.21. The molecule has 0 bridgehead atoms. The fourth-order valence-electron chi connectivity index (χ4n) is 7.69. The predicted molar refractivity (Wildman–Crippen MR) is 203 cm³/mol. The van der Waals surface area contributed by atoms with Crippen molar-refractivity contribution in [2.45, 2.75) is 50.7 Å². The van der Waals surface area contributed by atoms with Crippen LogP contribution in [0.25, 0.3) is 38.9 Å². The van der Waals surface area contributed by atoms with Crippen LogP contribution >= 0.6 is 0 Å². The van der Waals surface area contributed by atoms with Crippen molar-refractivity contribution in [3.05, 3.63) is 129 Å². The molecule has 2 fully saturated rings. The Morgan fingerprint density at radius 2 is 1.62 bits per heavy atom. The summed E-state index contributed by atoms with van der Waals surface area (Å²) >= 11 is 0. The molecular formula is C41H41FN8O3. The van der Waals surface area contributed by atoms with Crippen LogP contribution in [0.5, 0.6) is 0 Å². The first-order chi connectivity index (χ1) is 25.8. The topological polar surface area (TPSA) is 118 Å². The van der Waals surface area contributed by atoms with Gasteiger partial charge in [-0.2, -0.15) is 0 Å². The largest absolute Gasteiger partial charge is 0.348 e. The Hall–Kier alpha value is -5.59. The minimum atomic E-state index is -0.657. The molecule has 12 heteroatoms. The molecule has 6 aromatic rings. The monoisotopic (exact) mass is 712 g/mol. The van der Waals surface area contributed by atoms with Crippen LogP contribution in [-0.2, 0) is 6.54 Å². The van der Waals surface area contributed by atoms with Gasteiger partial charge >= 0.3 is 5.69 Å². The fourth-order valence-corrected chi connectivity index (χ4v) is 7.69. The van der Waals surface area contributed by atoms with E-state index in [-0.39, 0.29) is 28.7 Å². The molecule has 0 unspecified atom stereocenters. The third-order valence-electron chi connectivity index (χ3n) is 10.6. The Labute approximate surface area is 305 Å². The Morgan fingerprint density at radius 3 is 2.43 bits per heavy atom. The number of hydrogen-bond acceptors (Lipinski definition) is 8. The summed E-state index contributed by atoms with van der Waals surface area (Å²) in [7, 11) is 2.17. The number of amides is 1. The minimum Gasteiger partial charge on any atom is -0.348 e. The van der Waals surface area contributed by atoms with Gasteiger partial charge in [-0.15, -0.1) is 0 Å². The first-order valence-corrected chi connectivity index (χ1v) is 18.3. The third kappa shape index (κ3) is 7.24. The lowest BCUT2D eigenvalue weighted by Gasteiger charge is -2.30. The van der Waals surface area contributed by atoms with Gasteiger partial charge in [0, 0.05) is 31.7 Å². The number of likely N-dealkylation sites (N-methyl/N-ethyl adjacent to an activating group) is 1. The van der Waals surface area contributed by atoms with E-state index in [1.54, 1.807) is 6.07 Å². The minimum absolute atomic E-state index is 0.0318. The fraction of sp³-hybridized carbons (Fsp3) is 0.317. The summed E-state index contributed by atoms with van der Waals surface area (Å²) in [5.74, 6) is -0.978. The van der Waals surface area contributed by atoms with E-state index < -0.39 is 23.1 Å². The lowest BCUT2D eigenvalue weighted by molar-refractivity contribution is 0.0917. The third-order valence-corrected chi connectivity index (χ3v) is 10.6. The van der Waals surface area contributed by atoms with Crippen LogP contribution in [0, 0.1) is 5.82 Å². The highest BCUT2D eigenvalue weighted by molar-refractivity contribution is 5.94. The molecule has 1 aliphatic carbocycles. The van der Waals surface area contributed by atoms with Crippen molar-refractivity contribution in [3.8, 4) is 16.8 Å². The molecule has 1 saturated carbocycles. The molecule has 11 nitrogen and oxygen atoms in total. The molecule has 1 N–H and O–H groups in total. The number of fused-ring (bicyclic) bond motifs is 2. The molecule has 1 amide bonds. The van der Waals surface area contributed by atoms with Crippen molar-refractivity contribution in [1.29, 1.82) is 0 Å². The van der Waals surface area contributed by atoms with Gasteiger partial charge in [0.15, 0.2) is 5.65 Å². The molecule has 2 aliphatic rings. The standard InChI is InChI=1S/C41H41FN8O3/c1-47-18-5-19-48(21-20-47)26-27-10-12-28(13-11-27)29-6-4-7-33(22-29)49-38-34(23-30(42)24-44-38)40(52)50(41(49)53)32-16-14-31(15-17-32)45-39(51)37-25-43-35-8-2-3-9-36(35)46-37/h2-4,6-13,22-25,31-32H,5,14-21,26H2,1H3,(H,45,51). The molecule has 0 spiro atoms. The van der Waals surface area contributed by atoms with Gasteiger partial charge in [0.05, 0.1) is 34.5 Å². The van der Waals surface area contributed by atoms with Gasteiger partial charge in [0.2, 0.25) is 0 Å². The first-order valence-electron chi connectivity index (χ1n) is 18.3. The Balaban J connectivity index is 1.04. The smallest absolute Gasteiger partial charge is 0.337 e. The highest BCUT2D eigenvalue weighted by atomic mass is 19.1. The lowest BCUT2D eigenvalue weighted by atomic mass is 9.90. The summed E-state index contributed by atoms with van der Waals surface area (Å²) in [5, 5.41) is 3.08. The number of hydrogen-bond donors (Lipinski definition) is 1. The second-order valence-corrected chi connectivity index (χ2v) is 14.2. The maximum atomic E-state index is 14.6. The number of para-hydroxylation sites is 2. The van der Waals surface area contributed by atoms with Crippen molar-refractivity contribution >= 4 is 28.0 Å². The number of pyridine rings is 1. The quantitative estimate of drug-likeness (QED) is 0.236. The number of benzene rings is 3. The molecular weight excluding hydrogens is 672 g/mol. The van der Waals surface area contributed by atoms with Gasteiger partial charge in [-0.3, -0.25) is 24.0 Å². The van der Waals surface area contributed by atoms with Crippen LogP contribution in [-0.4, -0.2) is 79.1 Å². The lowest BCUT2D eigenvalue weighted by Crippen LogP contribution is -2.45. The first kappa shape index (κ1) is 34.5. The molecule has 3 aromatic carbocycles. The highest BCUT2D eigenvalue weighted by Crippen LogP contribution is 2.29. The van der Waals surface area contributed by atoms with E-state index in [0.717, 1.165) is 62.5 Å². The Bertz CT molecular complexity index is 2420. The van der Waals surface area contributed by atoms with E-state index in [2.05, 4.69) is 61.4 Å². The average Bonchev–Trinajstić information content (AvgIpc) is 3.39. The van der Waals surface area contributed by atoms with Crippen LogP contribution in [0.2, 0.25) is 0 Å². The summed E-state index contributed by atoms with van der Waals surface area (Å²) in [5.41, 5.74) is 4.23. The summed E-state index contributed by atoms with van der Waals surface area (Å²) in [6, 6.07) is 24.0. The van der Waals surface area contributed by atoms with E-state index in [1.165, 1.54) is 20.9 Å². The SMILES string of the molecule is CN1CCCN(Cc2ccc(-c3cccc(-n4c(=O)n(C5CCC(NC(=O)c6cnc7ccccc7n6)CC5)c(=O)c5cc(F)cnc54)c3)cc2)CC1. The van der Waals surface area contributed by atoms with Crippen molar-refractivity contribution in [1.82, 2.24) is 39.2 Å². The number of nitrogens with zero attached hydrogens (tertiary/aromatic N) is 7. The summed E-state index contributed by atoms with van der Waals surface area (Å²) in [4.78, 5) is 59.2. The molecule has 8 rings (SSSR count). The normalized spacial score (nSPS) is 18.6. The van der Waals surface area contributed by atoms with Crippen LogP contribution in [0.1, 0.15) is 54.2 Å². The second-order valence-electron chi connectivity index (χ2n) is 14.2. The second kappa shape index (κ2) is 14.8. The predicted octanol–water partition coefficient (Wildman–Crippen LogP) is 5.35. The van der Waals surface area contributed by atoms with Gasteiger partial charge in [-0.05, 0) is 99.3 Å². The molecule has 3 aromatic heterocycles. The van der Waals surface area contributed by atoms with Crippen LogP contribution in [0.3, 0.4) is 0 Å². The number of aromatic nitrogens is 5. The molecule has 270 valence electrons. The number of nitrogens with one attached hydrogen (secondary N) is 1. The zero-order valence-electron chi connectivity index (χ0n) is 29.6. The van der Waals surface area contributed by atoms with Crippen molar-refractivity contribution in [2.75, 3.05) is 33.2 Å². The van der Waals surface area contributed by atoms with Crippen molar-refractivity contribution < 1.29 is 9.18 Å². The van der Waals surface area contributed by atoms with Crippen LogP contribution < -0.4 is 16.6 Å². The van der Waals surface area contributed by atoms with Crippen LogP contribution in [0.15, 0.2) is 101 Å². The maximum Gasteiger partial charge on any atom is 0.337 e. The molecule has 0 atom stereocenters. The molecule has 1 saturated heterocycles. The van der Waals surface area contributed by atoms with E-state index in [1.807, 2.05) is 42.5 Å². The number of carbonyl (C=O) groups excluding carboxylic acids is 1. The number of carbonyl (C=O) groups is 1.